The smallest absolute Gasteiger partial charge is 0.407 e. The van der Waals surface area contributed by atoms with Crippen molar-refractivity contribution >= 4 is 39.8 Å². The largest absolute Gasteiger partial charge is 0.448 e. The minimum atomic E-state index is -0.554. The first-order valence-corrected chi connectivity index (χ1v) is 12.4. The van der Waals surface area contributed by atoms with Gasteiger partial charge in [-0.15, -0.1) is 0 Å². The Morgan fingerprint density at radius 1 is 1.05 bits per heavy atom. The van der Waals surface area contributed by atoms with Crippen molar-refractivity contribution in [2.45, 2.75) is 33.5 Å². The van der Waals surface area contributed by atoms with Gasteiger partial charge < -0.3 is 30.4 Å². The van der Waals surface area contributed by atoms with Gasteiger partial charge in [0.25, 0.3) is 0 Å². The van der Waals surface area contributed by atoms with Crippen LogP contribution in [-0.2, 0) is 34.0 Å². The minimum absolute atomic E-state index is 0.0709. The molecule has 2 aromatic carbocycles. The van der Waals surface area contributed by atoms with Gasteiger partial charge in [-0.05, 0) is 31.0 Å². The van der Waals surface area contributed by atoms with Gasteiger partial charge in [0.1, 0.15) is 24.6 Å². The first-order valence-electron chi connectivity index (χ1n) is 12.4. The van der Waals surface area contributed by atoms with Crippen molar-refractivity contribution in [1.29, 1.82) is 0 Å². The van der Waals surface area contributed by atoms with E-state index in [0.717, 1.165) is 33.4 Å². The summed E-state index contributed by atoms with van der Waals surface area (Å²) in [6, 6.07) is 15.8. The van der Waals surface area contributed by atoms with E-state index in [2.05, 4.69) is 26.8 Å². The van der Waals surface area contributed by atoms with E-state index in [4.69, 9.17) is 20.2 Å². The van der Waals surface area contributed by atoms with E-state index < -0.39 is 6.09 Å². The lowest BCUT2D eigenvalue weighted by molar-refractivity contribution is -0.117. The molecule has 0 radical (unpaired) electrons. The number of fused-ring (bicyclic) bond motifs is 3. The zero-order valence-corrected chi connectivity index (χ0v) is 21.6. The third kappa shape index (κ3) is 6.27. The molecule has 10 heteroatoms. The van der Waals surface area contributed by atoms with E-state index in [1.54, 1.807) is 6.92 Å². The van der Waals surface area contributed by atoms with Gasteiger partial charge >= 0.3 is 6.09 Å². The molecule has 0 saturated heterocycles. The Morgan fingerprint density at radius 2 is 1.79 bits per heavy atom. The normalized spacial score (nSPS) is 11.0. The van der Waals surface area contributed by atoms with E-state index in [0.29, 0.717) is 43.2 Å². The highest BCUT2D eigenvalue weighted by atomic mass is 16.5. The van der Waals surface area contributed by atoms with Crippen LogP contribution in [0.1, 0.15) is 30.8 Å². The van der Waals surface area contributed by atoms with Crippen molar-refractivity contribution in [2.75, 3.05) is 25.5 Å². The maximum absolute atomic E-state index is 12.0. The number of carbonyl (C=O) groups excluding carboxylic acids is 2. The number of para-hydroxylation sites is 1. The molecule has 2 aromatic heterocycles. The van der Waals surface area contributed by atoms with Crippen molar-refractivity contribution in [3.8, 4) is 0 Å². The number of carbonyl (C=O) groups is 2. The highest BCUT2D eigenvalue weighted by Gasteiger charge is 2.17. The molecule has 198 valence electrons. The van der Waals surface area contributed by atoms with Crippen molar-refractivity contribution in [3.05, 3.63) is 77.6 Å². The number of rotatable bonds is 11. The summed E-state index contributed by atoms with van der Waals surface area (Å²) < 4.78 is 12.9. The van der Waals surface area contributed by atoms with Crippen LogP contribution < -0.4 is 16.4 Å². The van der Waals surface area contributed by atoms with Crippen LogP contribution in [0.4, 0.5) is 10.6 Å². The first kappa shape index (κ1) is 26.6. The van der Waals surface area contributed by atoms with E-state index >= 15 is 0 Å². The van der Waals surface area contributed by atoms with Crippen LogP contribution in [-0.4, -0.2) is 46.3 Å². The zero-order valence-electron chi connectivity index (χ0n) is 21.6. The topological polar surface area (TPSA) is 133 Å². The predicted molar refractivity (Wildman–Crippen MR) is 146 cm³/mol. The lowest BCUT2D eigenvalue weighted by Gasteiger charge is -2.12. The molecule has 2 amide bonds. The van der Waals surface area contributed by atoms with Gasteiger partial charge in [-0.2, -0.15) is 0 Å². The average Bonchev–Trinajstić information content (AvgIpc) is 3.28. The summed E-state index contributed by atoms with van der Waals surface area (Å²) in [4.78, 5) is 32.7. The van der Waals surface area contributed by atoms with Gasteiger partial charge in [0.05, 0.1) is 17.6 Å². The number of nitrogens with one attached hydrogen (secondary N) is 2. The Balaban J connectivity index is 1.44. The van der Waals surface area contributed by atoms with Crippen LogP contribution in [0, 0.1) is 0 Å². The second kappa shape index (κ2) is 12.2. The molecule has 10 nitrogen and oxygen atoms in total. The van der Waals surface area contributed by atoms with Crippen molar-refractivity contribution in [3.63, 3.8) is 0 Å². The predicted octanol–water partition coefficient (Wildman–Crippen LogP) is 3.67. The average molecular weight is 517 g/mol. The first-order chi connectivity index (χ1) is 18.4. The number of pyridine rings is 1. The van der Waals surface area contributed by atoms with E-state index in [1.807, 2.05) is 55.5 Å². The second-order valence-corrected chi connectivity index (χ2v) is 8.80. The molecule has 4 aromatic rings. The molecule has 0 atom stereocenters. The Morgan fingerprint density at radius 3 is 2.53 bits per heavy atom. The van der Waals surface area contributed by atoms with Crippen LogP contribution in [0.15, 0.2) is 60.7 Å². The fourth-order valence-corrected chi connectivity index (χ4v) is 4.01. The lowest BCUT2D eigenvalue weighted by atomic mass is 10.1. The van der Waals surface area contributed by atoms with Crippen LogP contribution >= 0.6 is 0 Å². The van der Waals surface area contributed by atoms with Crippen molar-refractivity contribution < 1.29 is 19.1 Å². The summed E-state index contributed by atoms with van der Waals surface area (Å²) in [7, 11) is 0. The summed E-state index contributed by atoms with van der Waals surface area (Å²) in [5, 5.41) is 6.30. The molecule has 4 rings (SSSR count). The number of nitrogen functional groups attached to an aromatic ring is 1. The molecule has 0 aliphatic heterocycles. The SMILES string of the molecule is C=C(C)C(=O)NCCOC(=O)NCc1ccc(Cn2c(COCC)nc3c(N)nc4ccccc4c32)cc1. The monoisotopic (exact) mass is 516 g/mol. The fourth-order valence-electron chi connectivity index (χ4n) is 4.01. The number of nitrogens with zero attached hydrogens (tertiary/aromatic N) is 3. The quantitative estimate of drug-likeness (QED) is 0.205. The van der Waals surface area contributed by atoms with Crippen LogP contribution in [0.5, 0.6) is 0 Å². The van der Waals surface area contributed by atoms with E-state index in [-0.39, 0.29) is 19.1 Å². The Labute approximate surface area is 220 Å². The molecule has 0 unspecified atom stereocenters. The number of hydrogen-bond acceptors (Lipinski definition) is 7. The molecule has 0 saturated carbocycles. The van der Waals surface area contributed by atoms with Gasteiger partial charge in [0.15, 0.2) is 5.82 Å². The minimum Gasteiger partial charge on any atom is -0.448 e. The van der Waals surface area contributed by atoms with E-state index in [1.165, 1.54) is 0 Å². The number of benzene rings is 2. The number of ether oxygens (including phenoxy) is 2. The number of nitrogens with two attached hydrogens (primary N) is 1. The van der Waals surface area contributed by atoms with Crippen molar-refractivity contribution in [1.82, 2.24) is 25.2 Å². The third-order valence-corrected chi connectivity index (χ3v) is 5.93. The molecule has 2 heterocycles. The molecule has 0 aliphatic carbocycles. The van der Waals surface area contributed by atoms with Gasteiger partial charge in [0, 0.05) is 30.7 Å². The van der Waals surface area contributed by atoms with Crippen molar-refractivity contribution in [2.24, 2.45) is 0 Å². The number of alkyl carbamates (subject to hydrolysis) is 1. The lowest BCUT2D eigenvalue weighted by Crippen LogP contribution is -2.31. The van der Waals surface area contributed by atoms with Crippen LogP contribution in [0.25, 0.3) is 21.9 Å². The fraction of sp³-hybridized carbons (Fsp3) is 0.286. The number of hydrogen-bond donors (Lipinski definition) is 3. The number of imidazole rings is 1. The number of aromatic nitrogens is 3. The third-order valence-electron chi connectivity index (χ3n) is 5.93. The van der Waals surface area contributed by atoms with Gasteiger partial charge in [-0.1, -0.05) is 49.0 Å². The van der Waals surface area contributed by atoms with Gasteiger partial charge in [-0.3, -0.25) is 4.79 Å². The van der Waals surface area contributed by atoms with E-state index in [9.17, 15) is 9.59 Å². The summed E-state index contributed by atoms with van der Waals surface area (Å²) in [5.41, 5.74) is 11.1. The molecular formula is C28H32N6O4. The Bertz CT molecular complexity index is 1460. The molecule has 38 heavy (non-hydrogen) atoms. The molecule has 0 spiro atoms. The maximum Gasteiger partial charge on any atom is 0.407 e. The highest BCUT2D eigenvalue weighted by molar-refractivity contribution is 6.06. The Kier molecular flexibility index (Phi) is 8.55. The number of amides is 2. The summed E-state index contributed by atoms with van der Waals surface area (Å²) in [6.07, 6.45) is -0.554. The standard InChI is InChI=1S/C28H32N6O4/c1-4-37-17-23-33-24-25(21-7-5-6-8-22(21)32-26(24)29)34(23)16-20-11-9-19(10-12-20)15-31-28(36)38-14-13-30-27(35)18(2)3/h5-12H,2,4,13-17H2,1,3H3,(H2,29,32)(H,30,35)(H,31,36). The second-order valence-electron chi connectivity index (χ2n) is 8.80. The highest BCUT2D eigenvalue weighted by Crippen LogP contribution is 2.29. The molecule has 0 fully saturated rings. The maximum atomic E-state index is 12.0. The Hall–Kier alpha value is -4.44. The van der Waals surface area contributed by atoms with Crippen LogP contribution in [0.2, 0.25) is 0 Å². The zero-order chi connectivity index (χ0) is 27.1. The molecule has 4 N–H and O–H groups in total. The number of anilines is 1. The van der Waals surface area contributed by atoms with Crippen LogP contribution in [0.3, 0.4) is 0 Å². The summed E-state index contributed by atoms with van der Waals surface area (Å²) in [5.74, 6) is 0.900. The molecular weight excluding hydrogens is 484 g/mol. The molecule has 0 bridgehead atoms. The summed E-state index contributed by atoms with van der Waals surface area (Å²) >= 11 is 0. The molecule has 0 aliphatic rings. The van der Waals surface area contributed by atoms with Gasteiger partial charge in [-0.25, -0.2) is 14.8 Å². The van der Waals surface area contributed by atoms with Gasteiger partial charge in [0.2, 0.25) is 5.91 Å². The summed E-state index contributed by atoms with van der Waals surface area (Å²) in [6.45, 7) is 9.22.